The predicted molar refractivity (Wildman–Crippen MR) is 225 cm³/mol. The Morgan fingerprint density at radius 3 is 1.84 bits per heavy atom. The number of methoxy groups -OCH3 is 1. The molecule has 1 aliphatic heterocycles. The maximum absolute atomic E-state index is 14.0. The number of benzene rings is 1. The minimum Gasteiger partial charge on any atom is -0.467 e. The molecule has 1 saturated heterocycles. The SMILES string of the molecule is COC(=O)[C@@H](NC(=O)[C@H](CC(C)C)NC(=O)[C@@H]1CCCN1C[C@@H](O)[C@H](Cc1ccccc1)NC(=O)[C@H](CC(N)=O)NC(=O)[C@H](CC(C)C)NC(=O)C(CO)NC(C)=O)C(C)C. The van der Waals surface area contributed by atoms with Crippen molar-refractivity contribution in [1.29, 1.82) is 0 Å². The van der Waals surface area contributed by atoms with Crippen LogP contribution in [0, 0.1) is 17.8 Å². The van der Waals surface area contributed by atoms with E-state index in [4.69, 9.17) is 10.5 Å². The molecule has 0 bridgehead atoms. The lowest BCUT2D eigenvalue weighted by atomic mass is 9.99. The highest BCUT2D eigenvalue weighted by Crippen LogP contribution is 2.20. The Bertz CT molecular complexity index is 1640. The van der Waals surface area contributed by atoms with Crippen LogP contribution in [-0.4, -0.2) is 138 Å². The summed E-state index contributed by atoms with van der Waals surface area (Å²) in [5, 5.41) is 37.1. The number of hydrogen-bond donors (Lipinski definition) is 9. The fraction of sp³-hybridized carbons (Fsp3) is 0.667. The minimum atomic E-state index is -1.53. The number of nitrogens with two attached hydrogens (primary N) is 1. The molecule has 1 unspecified atom stereocenters. The number of nitrogens with zero attached hydrogens (tertiary/aromatic N) is 1. The molecule has 19 heteroatoms. The van der Waals surface area contributed by atoms with Crippen LogP contribution in [0.1, 0.15) is 86.1 Å². The number of hydrogen-bond acceptors (Lipinski definition) is 12. The van der Waals surface area contributed by atoms with Crippen molar-refractivity contribution in [3.8, 4) is 0 Å². The van der Waals surface area contributed by atoms with E-state index in [0.717, 1.165) is 12.5 Å². The van der Waals surface area contributed by atoms with Crippen LogP contribution in [0.3, 0.4) is 0 Å². The second-order valence-corrected chi connectivity index (χ2v) is 16.8. The molecule has 0 saturated carbocycles. The number of aliphatic hydroxyl groups excluding tert-OH is 2. The number of β-amino-alcohol motifs (C(OH)–C–C–N with tert-alkyl or cyclic N) is 1. The monoisotopic (exact) mass is 861 g/mol. The van der Waals surface area contributed by atoms with Gasteiger partial charge in [-0.05, 0) is 62.0 Å². The first-order valence-electron chi connectivity index (χ1n) is 20.9. The summed E-state index contributed by atoms with van der Waals surface area (Å²) in [5.74, 6) is -6.01. The summed E-state index contributed by atoms with van der Waals surface area (Å²) in [6, 6.07) is 1.22. The number of aliphatic hydroxyl groups is 2. The van der Waals surface area contributed by atoms with Gasteiger partial charge in [-0.1, -0.05) is 71.9 Å². The molecule has 1 fully saturated rings. The Labute approximate surface area is 358 Å². The van der Waals surface area contributed by atoms with Crippen molar-refractivity contribution in [2.75, 3.05) is 26.8 Å². The van der Waals surface area contributed by atoms with Crippen LogP contribution in [-0.2, 0) is 49.5 Å². The number of esters is 1. The number of likely N-dealkylation sites (tertiary alicyclic amines) is 1. The summed E-state index contributed by atoms with van der Waals surface area (Å²) >= 11 is 0. The highest BCUT2D eigenvalue weighted by atomic mass is 16.5. The second-order valence-electron chi connectivity index (χ2n) is 16.8. The van der Waals surface area contributed by atoms with Crippen LogP contribution >= 0.6 is 0 Å². The molecule has 1 aromatic rings. The van der Waals surface area contributed by atoms with E-state index < -0.39 is 109 Å². The van der Waals surface area contributed by atoms with Gasteiger partial charge in [-0.2, -0.15) is 0 Å². The number of carbonyl (C=O) groups is 8. The Kier molecular flexibility index (Phi) is 21.8. The fourth-order valence-electron chi connectivity index (χ4n) is 7.09. The van der Waals surface area contributed by atoms with Crippen molar-refractivity contribution >= 4 is 47.3 Å². The fourth-order valence-corrected chi connectivity index (χ4v) is 7.09. The number of primary amides is 1. The molecule has 0 aliphatic carbocycles. The molecule has 8 atom stereocenters. The number of nitrogens with one attached hydrogen (secondary N) is 6. The van der Waals surface area contributed by atoms with Crippen molar-refractivity contribution in [1.82, 2.24) is 36.8 Å². The van der Waals surface area contributed by atoms with E-state index in [1.54, 1.807) is 62.9 Å². The predicted octanol–water partition coefficient (Wildman–Crippen LogP) is -1.23. The van der Waals surface area contributed by atoms with Gasteiger partial charge in [0.25, 0.3) is 0 Å². The first-order chi connectivity index (χ1) is 28.7. The molecule has 2 rings (SSSR count). The first-order valence-corrected chi connectivity index (χ1v) is 20.9. The van der Waals surface area contributed by atoms with Crippen LogP contribution in [0.5, 0.6) is 0 Å². The summed E-state index contributed by atoms with van der Waals surface area (Å²) in [7, 11) is 1.23. The number of rotatable bonds is 25. The van der Waals surface area contributed by atoms with E-state index in [0.29, 0.717) is 19.4 Å². The van der Waals surface area contributed by atoms with Crippen LogP contribution < -0.4 is 37.6 Å². The van der Waals surface area contributed by atoms with Gasteiger partial charge < -0.3 is 52.6 Å². The van der Waals surface area contributed by atoms with Crippen molar-refractivity contribution in [3.63, 3.8) is 0 Å². The molecule has 7 amide bonds. The summed E-state index contributed by atoms with van der Waals surface area (Å²) in [4.78, 5) is 106. The molecular formula is C42H68N8O11. The normalized spacial score (nSPS) is 17.6. The lowest BCUT2D eigenvalue weighted by molar-refractivity contribution is -0.146. The van der Waals surface area contributed by atoms with Crippen LogP contribution in [0.2, 0.25) is 0 Å². The lowest BCUT2D eigenvalue weighted by Crippen LogP contribution is -2.60. The lowest BCUT2D eigenvalue weighted by Gasteiger charge is -2.32. The van der Waals surface area contributed by atoms with E-state index in [9.17, 15) is 48.6 Å². The largest absolute Gasteiger partial charge is 0.467 e. The van der Waals surface area contributed by atoms with E-state index in [1.807, 2.05) is 13.8 Å². The summed E-state index contributed by atoms with van der Waals surface area (Å²) in [6.07, 6.45) is -0.401. The number of ether oxygens (including phenoxy) is 1. The Hall–Kier alpha value is -5.14. The number of amides is 7. The molecule has 1 aromatic carbocycles. The van der Waals surface area contributed by atoms with Crippen molar-refractivity contribution < 1.29 is 53.3 Å². The number of carbonyl (C=O) groups excluding carboxylic acids is 8. The third-order valence-electron chi connectivity index (χ3n) is 10.2. The summed E-state index contributed by atoms with van der Waals surface area (Å²) in [6.45, 7) is 11.7. The molecule has 0 aromatic heterocycles. The van der Waals surface area contributed by atoms with Crippen LogP contribution in [0.25, 0.3) is 0 Å². The standard InChI is InChI=1S/C42H68N8O11/c1-23(2)17-29(46-40(58)32(22-51)44-26(7)52)37(55)47-31(20-35(43)54)38(56)45-28(19-27-13-10-9-11-14-27)34(53)21-50-16-12-15-33(50)41(59)48-30(18-24(3)4)39(57)49-36(25(5)6)42(60)61-8/h9-11,13-14,23-25,28-34,36,51,53H,12,15-22H2,1-8H3,(H2,43,54)(H,44,52)(H,45,56)(H,46,58)(H,47,55)(H,48,59)(H,49,57)/t28-,29-,30-,31-,32?,33-,34+,36-/m0/s1. The van der Waals surface area contributed by atoms with Gasteiger partial charge in [-0.3, -0.25) is 38.5 Å². The molecule has 61 heavy (non-hydrogen) atoms. The molecule has 0 radical (unpaired) electrons. The maximum Gasteiger partial charge on any atom is 0.328 e. The van der Waals surface area contributed by atoms with E-state index >= 15 is 0 Å². The molecule has 19 nitrogen and oxygen atoms in total. The molecule has 0 spiro atoms. The topological polar surface area (TPSA) is 288 Å². The molecule has 1 heterocycles. The molecular weight excluding hydrogens is 793 g/mol. The molecule has 10 N–H and O–H groups in total. The van der Waals surface area contributed by atoms with Gasteiger partial charge in [-0.25, -0.2) is 4.79 Å². The average molecular weight is 861 g/mol. The maximum atomic E-state index is 14.0. The first kappa shape index (κ1) is 52.0. The van der Waals surface area contributed by atoms with Gasteiger partial charge in [-0.15, -0.1) is 0 Å². The zero-order valence-electron chi connectivity index (χ0n) is 36.7. The Balaban J connectivity index is 2.33. The van der Waals surface area contributed by atoms with Crippen molar-refractivity contribution in [2.24, 2.45) is 23.5 Å². The second kappa shape index (κ2) is 25.6. The zero-order valence-corrected chi connectivity index (χ0v) is 36.7. The van der Waals surface area contributed by atoms with Gasteiger partial charge in [0.2, 0.25) is 41.4 Å². The van der Waals surface area contributed by atoms with E-state index in [-0.39, 0.29) is 43.6 Å². The third-order valence-corrected chi connectivity index (χ3v) is 10.2. The van der Waals surface area contributed by atoms with Gasteiger partial charge in [0.05, 0.1) is 38.3 Å². The van der Waals surface area contributed by atoms with Gasteiger partial charge >= 0.3 is 5.97 Å². The summed E-state index contributed by atoms with van der Waals surface area (Å²) < 4.78 is 4.86. The van der Waals surface area contributed by atoms with Gasteiger partial charge in [0.1, 0.15) is 30.2 Å². The quantitative estimate of drug-likeness (QED) is 0.0523. The van der Waals surface area contributed by atoms with Crippen molar-refractivity contribution in [3.05, 3.63) is 35.9 Å². The van der Waals surface area contributed by atoms with Crippen molar-refractivity contribution in [2.45, 2.75) is 135 Å². The smallest absolute Gasteiger partial charge is 0.328 e. The minimum absolute atomic E-state index is 0.00668. The van der Waals surface area contributed by atoms with Gasteiger partial charge in [0.15, 0.2) is 0 Å². The average Bonchev–Trinajstić information content (AvgIpc) is 3.65. The third kappa shape index (κ3) is 17.8. The molecule has 342 valence electrons. The highest BCUT2D eigenvalue weighted by Gasteiger charge is 2.38. The highest BCUT2D eigenvalue weighted by molar-refractivity contribution is 5.96. The summed E-state index contributed by atoms with van der Waals surface area (Å²) in [5.41, 5.74) is 6.24. The van der Waals surface area contributed by atoms with E-state index in [1.165, 1.54) is 7.11 Å². The molecule has 1 aliphatic rings. The van der Waals surface area contributed by atoms with E-state index in [2.05, 4.69) is 31.9 Å². The van der Waals surface area contributed by atoms with Crippen LogP contribution in [0.4, 0.5) is 0 Å². The van der Waals surface area contributed by atoms with Gasteiger partial charge in [0, 0.05) is 13.5 Å². The van der Waals surface area contributed by atoms with Crippen LogP contribution in [0.15, 0.2) is 30.3 Å². The Morgan fingerprint density at radius 1 is 0.770 bits per heavy atom. The zero-order chi connectivity index (χ0) is 46.0. The Morgan fingerprint density at radius 2 is 1.31 bits per heavy atom.